The molecule has 0 aliphatic rings. The summed E-state index contributed by atoms with van der Waals surface area (Å²) in [5, 5.41) is 21.3. The highest BCUT2D eigenvalue weighted by molar-refractivity contribution is 6.33. The van der Waals surface area contributed by atoms with Gasteiger partial charge in [-0.25, -0.2) is 14.0 Å². The van der Waals surface area contributed by atoms with Crippen molar-refractivity contribution in [1.29, 1.82) is 0 Å². The lowest BCUT2D eigenvalue weighted by atomic mass is 10.3. The van der Waals surface area contributed by atoms with Gasteiger partial charge in [-0.3, -0.25) is 0 Å². The van der Waals surface area contributed by atoms with Crippen molar-refractivity contribution < 1.29 is 24.2 Å². The molecule has 0 saturated carbocycles. The smallest absolute Gasteiger partial charge is 0.328 e. The lowest BCUT2D eigenvalue weighted by Crippen LogP contribution is -2.45. The lowest BCUT2D eigenvalue weighted by Gasteiger charge is -2.13. The molecule has 0 saturated heterocycles. The zero-order valence-corrected chi connectivity index (χ0v) is 9.74. The van der Waals surface area contributed by atoms with Crippen molar-refractivity contribution in [3.63, 3.8) is 0 Å². The Balaban J connectivity index is 2.73. The molecule has 0 spiro atoms. The second-order valence-electron chi connectivity index (χ2n) is 3.27. The van der Waals surface area contributed by atoms with Crippen molar-refractivity contribution in [2.45, 2.75) is 6.04 Å². The first-order valence-corrected chi connectivity index (χ1v) is 5.18. The van der Waals surface area contributed by atoms with Gasteiger partial charge in [0.1, 0.15) is 5.82 Å². The van der Waals surface area contributed by atoms with Gasteiger partial charge >= 0.3 is 12.0 Å². The number of carbonyl (C=O) groups excluding carboxylic acids is 1. The van der Waals surface area contributed by atoms with E-state index < -0.39 is 30.5 Å². The first-order chi connectivity index (χ1) is 8.45. The number of carboxylic acids is 1. The lowest BCUT2D eigenvalue weighted by molar-refractivity contribution is -0.140. The summed E-state index contributed by atoms with van der Waals surface area (Å²) in [4.78, 5) is 21.9. The number of benzene rings is 1. The first-order valence-electron chi connectivity index (χ1n) is 4.81. The van der Waals surface area contributed by atoms with Gasteiger partial charge in [0, 0.05) is 0 Å². The van der Waals surface area contributed by atoms with Crippen LogP contribution < -0.4 is 10.6 Å². The summed E-state index contributed by atoms with van der Waals surface area (Å²) in [6.07, 6.45) is 0. The van der Waals surface area contributed by atoms with E-state index in [0.717, 1.165) is 6.07 Å². The second kappa shape index (κ2) is 6.18. The zero-order chi connectivity index (χ0) is 13.7. The molecule has 0 fully saturated rings. The summed E-state index contributed by atoms with van der Waals surface area (Å²) in [5.41, 5.74) is -0.265. The number of rotatable bonds is 4. The van der Waals surface area contributed by atoms with Gasteiger partial charge in [-0.1, -0.05) is 17.7 Å². The molecule has 0 radical (unpaired) electrons. The molecule has 0 aliphatic carbocycles. The molecule has 0 bridgehead atoms. The van der Waals surface area contributed by atoms with Crippen LogP contribution in [0.4, 0.5) is 14.9 Å². The van der Waals surface area contributed by atoms with E-state index in [2.05, 4.69) is 5.32 Å². The Kier molecular flexibility index (Phi) is 4.87. The summed E-state index contributed by atoms with van der Waals surface area (Å²) >= 11 is 5.66. The molecule has 8 heteroatoms. The van der Waals surface area contributed by atoms with Gasteiger partial charge in [0.2, 0.25) is 0 Å². The number of hydrogen-bond donors (Lipinski definition) is 4. The van der Waals surface area contributed by atoms with E-state index in [4.69, 9.17) is 21.8 Å². The van der Waals surface area contributed by atoms with Gasteiger partial charge in [-0.15, -0.1) is 0 Å². The number of nitrogens with one attached hydrogen (secondary N) is 2. The summed E-state index contributed by atoms with van der Waals surface area (Å²) in [7, 11) is 0. The Hall–Kier alpha value is -1.86. The highest BCUT2D eigenvalue weighted by atomic mass is 35.5. The predicted octanol–water partition coefficient (Wildman–Crippen LogP) is 1.05. The van der Waals surface area contributed by atoms with Gasteiger partial charge in [-0.2, -0.15) is 0 Å². The molecule has 1 aromatic carbocycles. The van der Waals surface area contributed by atoms with Crippen LogP contribution in [0.25, 0.3) is 0 Å². The van der Waals surface area contributed by atoms with Crippen LogP contribution in [-0.2, 0) is 4.79 Å². The van der Waals surface area contributed by atoms with Crippen molar-refractivity contribution in [3.05, 3.63) is 29.0 Å². The second-order valence-corrected chi connectivity index (χ2v) is 3.68. The Labute approximate surface area is 106 Å². The average Bonchev–Trinajstić information content (AvgIpc) is 2.30. The van der Waals surface area contributed by atoms with Crippen LogP contribution in [0.5, 0.6) is 0 Å². The van der Waals surface area contributed by atoms with Crippen LogP contribution in [0.15, 0.2) is 18.2 Å². The maximum Gasteiger partial charge on any atom is 0.328 e. The number of urea groups is 1. The van der Waals surface area contributed by atoms with Crippen LogP contribution in [0.1, 0.15) is 0 Å². The van der Waals surface area contributed by atoms with Gasteiger partial charge in [0.05, 0.1) is 17.3 Å². The van der Waals surface area contributed by atoms with Crippen molar-refractivity contribution in [2.75, 3.05) is 11.9 Å². The molecular weight excluding hydrogens is 267 g/mol. The van der Waals surface area contributed by atoms with Crippen LogP contribution in [-0.4, -0.2) is 34.9 Å². The third-order valence-electron chi connectivity index (χ3n) is 1.99. The van der Waals surface area contributed by atoms with Crippen molar-refractivity contribution in [3.8, 4) is 0 Å². The van der Waals surface area contributed by atoms with E-state index in [1.165, 1.54) is 12.1 Å². The maximum absolute atomic E-state index is 13.3. The number of aliphatic hydroxyl groups is 1. The average molecular weight is 277 g/mol. The number of hydrogen-bond acceptors (Lipinski definition) is 3. The number of para-hydroxylation sites is 1. The maximum atomic E-state index is 13.3. The van der Waals surface area contributed by atoms with Crippen molar-refractivity contribution in [1.82, 2.24) is 5.32 Å². The number of anilines is 1. The fourth-order valence-corrected chi connectivity index (χ4v) is 1.32. The van der Waals surface area contributed by atoms with Crippen LogP contribution in [0, 0.1) is 5.82 Å². The highest BCUT2D eigenvalue weighted by Gasteiger charge is 2.19. The minimum absolute atomic E-state index is 0.0268. The van der Waals surface area contributed by atoms with Gasteiger partial charge in [0.15, 0.2) is 6.04 Å². The SMILES string of the molecule is O=C(Nc1c(F)cccc1Cl)N[C@H](CO)C(=O)O. The summed E-state index contributed by atoms with van der Waals surface area (Å²) in [6, 6.07) is 1.34. The van der Waals surface area contributed by atoms with Gasteiger partial charge in [0.25, 0.3) is 0 Å². The Morgan fingerprint density at radius 3 is 2.61 bits per heavy atom. The minimum Gasteiger partial charge on any atom is -0.480 e. The summed E-state index contributed by atoms with van der Waals surface area (Å²) < 4.78 is 13.3. The zero-order valence-electron chi connectivity index (χ0n) is 8.98. The molecule has 4 N–H and O–H groups in total. The number of amides is 2. The number of carboxylic acid groups (broad SMARTS) is 1. The number of aliphatic hydroxyl groups excluding tert-OH is 1. The van der Waals surface area contributed by atoms with Gasteiger partial charge in [-0.05, 0) is 12.1 Å². The molecule has 0 aliphatic heterocycles. The Morgan fingerprint density at radius 1 is 1.44 bits per heavy atom. The van der Waals surface area contributed by atoms with E-state index in [0.29, 0.717) is 0 Å². The van der Waals surface area contributed by atoms with Gasteiger partial charge < -0.3 is 20.8 Å². The topological polar surface area (TPSA) is 98.7 Å². The number of halogens is 2. The van der Waals surface area contributed by atoms with Crippen molar-refractivity contribution in [2.24, 2.45) is 0 Å². The fourth-order valence-electron chi connectivity index (χ4n) is 1.11. The van der Waals surface area contributed by atoms with E-state index in [1.54, 1.807) is 0 Å². The first kappa shape index (κ1) is 14.2. The molecule has 2 amide bonds. The van der Waals surface area contributed by atoms with Crippen LogP contribution in [0.3, 0.4) is 0 Å². The molecule has 18 heavy (non-hydrogen) atoms. The quantitative estimate of drug-likeness (QED) is 0.660. The third-order valence-corrected chi connectivity index (χ3v) is 2.30. The number of aliphatic carboxylic acids is 1. The molecule has 1 atom stereocenters. The third kappa shape index (κ3) is 3.57. The fraction of sp³-hybridized carbons (Fsp3) is 0.200. The minimum atomic E-state index is -1.48. The Bertz CT molecular complexity index is 449. The summed E-state index contributed by atoms with van der Waals surface area (Å²) in [6.45, 7) is -0.784. The standard InChI is InChI=1S/C10H10ClFN2O4/c11-5-2-1-3-6(12)8(5)14-10(18)13-7(4-15)9(16)17/h1-3,7,15H,4H2,(H,16,17)(H2,13,14,18)/t7-/m1/s1. The molecule has 0 heterocycles. The molecule has 6 nitrogen and oxygen atoms in total. The highest BCUT2D eigenvalue weighted by Crippen LogP contribution is 2.24. The van der Waals surface area contributed by atoms with E-state index in [9.17, 15) is 14.0 Å². The van der Waals surface area contributed by atoms with E-state index in [-0.39, 0.29) is 10.7 Å². The molecular formula is C10H10ClFN2O4. The molecule has 98 valence electrons. The molecule has 0 aromatic heterocycles. The van der Waals surface area contributed by atoms with Crippen LogP contribution in [0.2, 0.25) is 5.02 Å². The van der Waals surface area contributed by atoms with E-state index >= 15 is 0 Å². The van der Waals surface area contributed by atoms with Crippen LogP contribution >= 0.6 is 11.6 Å². The molecule has 1 aromatic rings. The normalized spacial score (nSPS) is 11.7. The summed E-state index contributed by atoms with van der Waals surface area (Å²) in [5.74, 6) is -2.17. The molecule has 0 unspecified atom stereocenters. The largest absolute Gasteiger partial charge is 0.480 e. The predicted molar refractivity (Wildman–Crippen MR) is 62.1 cm³/mol. The molecule has 1 rings (SSSR count). The Morgan fingerprint density at radius 2 is 2.11 bits per heavy atom. The van der Waals surface area contributed by atoms with Crippen molar-refractivity contribution >= 4 is 29.3 Å². The van der Waals surface area contributed by atoms with E-state index in [1.807, 2.05) is 5.32 Å². The number of carbonyl (C=O) groups is 2. The monoisotopic (exact) mass is 276 g/mol.